The van der Waals surface area contributed by atoms with Crippen molar-refractivity contribution in [2.75, 3.05) is 13.1 Å². The van der Waals surface area contributed by atoms with E-state index in [1.807, 2.05) is 6.92 Å². The first kappa shape index (κ1) is 13.9. The van der Waals surface area contributed by atoms with E-state index in [1.165, 1.54) is 0 Å². The summed E-state index contributed by atoms with van der Waals surface area (Å²) in [5.74, 6) is -0.000738. The second-order valence-corrected chi connectivity index (χ2v) is 5.92. The van der Waals surface area contributed by atoms with Crippen LogP contribution in [0.1, 0.15) is 40.0 Å². The molecule has 3 unspecified atom stereocenters. The fourth-order valence-electron chi connectivity index (χ4n) is 3.01. The Balaban J connectivity index is 2.23. The lowest BCUT2D eigenvalue weighted by Gasteiger charge is -2.40. The molecule has 0 N–H and O–H groups in total. The van der Waals surface area contributed by atoms with E-state index in [9.17, 15) is 14.9 Å². The summed E-state index contributed by atoms with van der Waals surface area (Å²) in [7, 11) is 0. The third kappa shape index (κ3) is 2.20. The number of carbonyl (C=O) groups is 2. The molecule has 0 saturated carbocycles. The Labute approximate surface area is 114 Å². The molecular weight excluding hydrogens is 242 g/mol. The van der Waals surface area contributed by atoms with Gasteiger partial charge in [-0.15, -0.1) is 0 Å². The summed E-state index contributed by atoms with van der Waals surface area (Å²) < 4.78 is 0. The predicted octanol–water partition coefficient (Wildman–Crippen LogP) is 1.15. The molecule has 2 fully saturated rings. The minimum atomic E-state index is -0.587. The topological polar surface area (TPSA) is 64.4 Å². The van der Waals surface area contributed by atoms with Crippen LogP contribution in [-0.2, 0) is 9.59 Å². The Bertz CT molecular complexity index is 442. The fourth-order valence-corrected chi connectivity index (χ4v) is 3.01. The van der Waals surface area contributed by atoms with Crippen LogP contribution in [0.15, 0.2) is 0 Å². The van der Waals surface area contributed by atoms with Gasteiger partial charge in [-0.05, 0) is 26.7 Å². The number of fused-ring (bicyclic) bond motifs is 1. The summed E-state index contributed by atoms with van der Waals surface area (Å²) in [4.78, 5) is 28.1. The molecule has 2 saturated heterocycles. The van der Waals surface area contributed by atoms with Gasteiger partial charge in [0.2, 0.25) is 11.8 Å². The van der Waals surface area contributed by atoms with E-state index in [-0.39, 0.29) is 11.8 Å². The number of piperazine rings is 1. The van der Waals surface area contributed by atoms with Crippen molar-refractivity contribution in [3.8, 4) is 6.07 Å². The van der Waals surface area contributed by atoms with Crippen LogP contribution < -0.4 is 0 Å². The number of nitrogens with zero attached hydrogens (tertiary/aromatic N) is 3. The fraction of sp³-hybridized carbons (Fsp3) is 0.786. The number of hydrogen-bond donors (Lipinski definition) is 0. The van der Waals surface area contributed by atoms with Gasteiger partial charge >= 0.3 is 0 Å². The normalized spacial score (nSPS) is 34.4. The van der Waals surface area contributed by atoms with Crippen molar-refractivity contribution < 1.29 is 9.59 Å². The minimum absolute atomic E-state index is 0.0134. The van der Waals surface area contributed by atoms with Gasteiger partial charge < -0.3 is 9.80 Å². The molecule has 0 aromatic carbocycles. The summed E-state index contributed by atoms with van der Waals surface area (Å²) >= 11 is 0. The van der Waals surface area contributed by atoms with Gasteiger partial charge in [0.05, 0.1) is 11.5 Å². The quantitative estimate of drug-likeness (QED) is 0.767. The van der Waals surface area contributed by atoms with Crippen molar-refractivity contribution >= 4 is 11.8 Å². The number of rotatable bonds is 3. The maximum atomic E-state index is 12.5. The van der Waals surface area contributed by atoms with E-state index < -0.39 is 17.5 Å². The second-order valence-electron chi connectivity index (χ2n) is 5.92. The van der Waals surface area contributed by atoms with Gasteiger partial charge in [-0.1, -0.05) is 13.3 Å². The second kappa shape index (κ2) is 4.84. The monoisotopic (exact) mass is 263 g/mol. The highest BCUT2D eigenvalue weighted by molar-refractivity contribution is 5.97. The summed E-state index contributed by atoms with van der Waals surface area (Å²) in [6.45, 7) is 6.69. The third-order valence-electron chi connectivity index (χ3n) is 4.24. The van der Waals surface area contributed by atoms with Gasteiger partial charge in [-0.3, -0.25) is 9.59 Å². The summed E-state index contributed by atoms with van der Waals surface area (Å²) in [5, 5.41) is 9.21. The van der Waals surface area contributed by atoms with Gasteiger partial charge in [0, 0.05) is 13.1 Å². The predicted molar refractivity (Wildman–Crippen MR) is 69.9 cm³/mol. The first-order valence-electron chi connectivity index (χ1n) is 6.96. The van der Waals surface area contributed by atoms with Crippen LogP contribution in [0.25, 0.3) is 0 Å². The van der Waals surface area contributed by atoms with Crippen molar-refractivity contribution in [3.05, 3.63) is 0 Å². The van der Waals surface area contributed by atoms with Crippen molar-refractivity contribution in [2.24, 2.45) is 5.41 Å². The molecule has 2 heterocycles. The molecule has 2 amide bonds. The number of nitriles is 1. The van der Waals surface area contributed by atoms with E-state index in [0.29, 0.717) is 19.5 Å². The maximum absolute atomic E-state index is 12.5. The summed E-state index contributed by atoms with van der Waals surface area (Å²) in [6, 6.07) is 1.43. The zero-order valence-corrected chi connectivity index (χ0v) is 11.8. The molecule has 5 nitrogen and oxygen atoms in total. The van der Waals surface area contributed by atoms with E-state index in [4.69, 9.17) is 0 Å². The highest BCUT2D eigenvalue weighted by Crippen LogP contribution is 2.37. The van der Waals surface area contributed by atoms with E-state index in [2.05, 4.69) is 13.0 Å². The van der Waals surface area contributed by atoms with Crippen molar-refractivity contribution in [1.82, 2.24) is 9.80 Å². The Kier molecular flexibility index (Phi) is 3.53. The molecule has 0 aliphatic carbocycles. The van der Waals surface area contributed by atoms with Crippen LogP contribution in [0.5, 0.6) is 0 Å². The zero-order valence-electron chi connectivity index (χ0n) is 11.8. The molecule has 3 atom stereocenters. The van der Waals surface area contributed by atoms with Gasteiger partial charge in [-0.25, -0.2) is 0 Å². The maximum Gasteiger partial charge on any atom is 0.246 e. The number of unbranched alkanes of at least 4 members (excludes halogenated alkanes) is 1. The van der Waals surface area contributed by atoms with Crippen LogP contribution >= 0.6 is 0 Å². The first-order chi connectivity index (χ1) is 8.93. The highest BCUT2D eigenvalue weighted by Gasteiger charge is 2.52. The van der Waals surface area contributed by atoms with E-state index >= 15 is 0 Å². The largest absolute Gasteiger partial charge is 0.329 e. The average molecular weight is 263 g/mol. The average Bonchev–Trinajstić information content (AvgIpc) is 2.76. The molecule has 2 aliphatic heterocycles. The van der Waals surface area contributed by atoms with Crippen molar-refractivity contribution in [1.29, 1.82) is 5.26 Å². The number of amides is 2. The van der Waals surface area contributed by atoms with Gasteiger partial charge in [0.25, 0.3) is 0 Å². The highest BCUT2D eigenvalue weighted by atomic mass is 16.2. The first-order valence-corrected chi connectivity index (χ1v) is 6.96. The molecular formula is C14H21N3O2. The minimum Gasteiger partial charge on any atom is -0.329 e. The molecule has 0 bridgehead atoms. The van der Waals surface area contributed by atoms with Gasteiger partial charge in [-0.2, -0.15) is 5.26 Å². The van der Waals surface area contributed by atoms with Crippen LogP contribution in [0.4, 0.5) is 0 Å². The Morgan fingerprint density at radius 3 is 2.68 bits per heavy atom. The van der Waals surface area contributed by atoms with E-state index in [0.717, 1.165) is 12.8 Å². The number of carbonyl (C=O) groups excluding carboxylic acids is 2. The molecule has 19 heavy (non-hydrogen) atoms. The standard InChI is InChI=1S/C14H21N3O2/c1-4-5-6-16-10(2)12(18)17-9-14(3,8-15)7-11(17)13(16)19/h10-11H,4-7,9H2,1-3H3. The molecule has 0 spiro atoms. The van der Waals surface area contributed by atoms with Gasteiger partial charge in [0.1, 0.15) is 12.1 Å². The lowest BCUT2D eigenvalue weighted by Crippen LogP contribution is -2.61. The van der Waals surface area contributed by atoms with Gasteiger partial charge in [0.15, 0.2) is 0 Å². The molecule has 0 aromatic heterocycles. The number of hydrogen-bond acceptors (Lipinski definition) is 3. The molecule has 2 rings (SSSR count). The Morgan fingerprint density at radius 2 is 2.11 bits per heavy atom. The molecule has 0 aromatic rings. The molecule has 104 valence electrons. The molecule has 2 aliphatic rings. The summed E-state index contributed by atoms with van der Waals surface area (Å²) in [5.41, 5.74) is -0.587. The molecule has 0 radical (unpaired) electrons. The smallest absolute Gasteiger partial charge is 0.246 e. The zero-order chi connectivity index (χ0) is 14.2. The summed E-state index contributed by atoms with van der Waals surface area (Å²) in [6.07, 6.45) is 2.37. The van der Waals surface area contributed by atoms with Crippen LogP contribution in [0.3, 0.4) is 0 Å². The van der Waals surface area contributed by atoms with Crippen LogP contribution in [0.2, 0.25) is 0 Å². The Hall–Kier alpha value is -1.57. The Morgan fingerprint density at radius 1 is 1.42 bits per heavy atom. The SMILES string of the molecule is CCCCN1C(=O)C2CC(C)(C#N)CN2C(=O)C1C. The van der Waals surface area contributed by atoms with Crippen LogP contribution in [0, 0.1) is 16.7 Å². The van der Waals surface area contributed by atoms with Crippen molar-refractivity contribution in [3.63, 3.8) is 0 Å². The van der Waals surface area contributed by atoms with E-state index in [1.54, 1.807) is 16.7 Å². The lowest BCUT2D eigenvalue weighted by atomic mass is 9.89. The van der Waals surface area contributed by atoms with Crippen LogP contribution in [-0.4, -0.2) is 46.8 Å². The third-order valence-corrected chi connectivity index (χ3v) is 4.24. The van der Waals surface area contributed by atoms with Crippen molar-refractivity contribution in [2.45, 2.75) is 52.1 Å². The lowest BCUT2D eigenvalue weighted by molar-refractivity contribution is -0.158. The molecule has 5 heteroatoms.